The quantitative estimate of drug-likeness (QED) is 0.828. The minimum Gasteiger partial charge on any atom is -0.309 e. The molecular formula is C12H20N6. The highest BCUT2D eigenvalue weighted by molar-refractivity contribution is 4.96. The number of aryl methyl sites for hydroxylation is 3. The molecule has 6 nitrogen and oxygen atoms in total. The van der Waals surface area contributed by atoms with Crippen LogP contribution in [0.2, 0.25) is 0 Å². The van der Waals surface area contributed by atoms with Crippen LogP contribution < -0.4 is 5.32 Å². The highest BCUT2D eigenvalue weighted by atomic mass is 15.4. The van der Waals surface area contributed by atoms with Gasteiger partial charge in [-0.3, -0.25) is 9.36 Å². The van der Waals surface area contributed by atoms with Crippen molar-refractivity contribution in [3.63, 3.8) is 0 Å². The normalized spacial score (nSPS) is 11.3. The molecule has 2 heterocycles. The Bertz CT molecular complexity index is 484. The van der Waals surface area contributed by atoms with Crippen LogP contribution in [0.25, 0.3) is 0 Å². The first-order valence-electron chi connectivity index (χ1n) is 6.26. The van der Waals surface area contributed by atoms with Crippen molar-refractivity contribution in [2.24, 2.45) is 0 Å². The Morgan fingerprint density at radius 1 is 1.33 bits per heavy atom. The fourth-order valence-corrected chi connectivity index (χ4v) is 1.67. The standard InChI is InChI=1S/C12H20N6/c1-10(2)13-8-12-9-17(16-15-12)6-7-18-11(3)4-5-14-18/h4-5,9-10,13H,6-8H2,1-3H3. The Kier molecular flexibility index (Phi) is 4.09. The molecule has 0 amide bonds. The third-order valence-electron chi connectivity index (χ3n) is 2.75. The van der Waals surface area contributed by atoms with Gasteiger partial charge in [-0.25, -0.2) is 0 Å². The van der Waals surface area contributed by atoms with Gasteiger partial charge in [0.1, 0.15) is 0 Å². The molecule has 98 valence electrons. The van der Waals surface area contributed by atoms with E-state index in [1.165, 1.54) is 0 Å². The molecule has 0 atom stereocenters. The highest BCUT2D eigenvalue weighted by Gasteiger charge is 2.02. The van der Waals surface area contributed by atoms with Crippen molar-refractivity contribution in [2.45, 2.75) is 46.4 Å². The van der Waals surface area contributed by atoms with Crippen LogP contribution >= 0.6 is 0 Å². The van der Waals surface area contributed by atoms with E-state index in [0.29, 0.717) is 6.04 Å². The molecule has 18 heavy (non-hydrogen) atoms. The largest absolute Gasteiger partial charge is 0.309 e. The van der Waals surface area contributed by atoms with Gasteiger partial charge in [-0.05, 0) is 13.0 Å². The summed E-state index contributed by atoms with van der Waals surface area (Å²) >= 11 is 0. The fraction of sp³-hybridized carbons (Fsp3) is 0.583. The molecule has 0 saturated carbocycles. The summed E-state index contributed by atoms with van der Waals surface area (Å²) in [6.45, 7) is 8.65. The van der Waals surface area contributed by atoms with Crippen molar-refractivity contribution in [3.8, 4) is 0 Å². The summed E-state index contributed by atoms with van der Waals surface area (Å²) in [6.07, 6.45) is 3.79. The van der Waals surface area contributed by atoms with Gasteiger partial charge < -0.3 is 5.32 Å². The van der Waals surface area contributed by atoms with Crippen molar-refractivity contribution in [1.29, 1.82) is 0 Å². The van der Waals surface area contributed by atoms with E-state index >= 15 is 0 Å². The van der Waals surface area contributed by atoms with Crippen molar-refractivity contribution in [2.75, 3.05) is 0 Å². The summed E-state index contributed by atoms with van der Waals surface area (Å²) in [4.78, 5) is 0. The average Bonchev–Trinajstić information content (AvgIpc) is 2.93. The molecule has 2 aromatic rings. The second-order valence-corrected chi connectivity index (χ2v) is 4.70. The van der Waals surface area contributed by atoms with Crippen LogP contribution in [0.4, 0.5) is 0 Å². The topological polar surface area (TPSA) is 60.6 Å². The molecule has 0 bridgehead atoms. The first-order chi connectivity index (χ1) is 8.65. The molecule has 0 fully saturated rings. The number of nitrogens with zero attached hydrogens (tertiary/aromatic N) is 5. The average molecular weight is 248 g/mol. The molecule has 2 rings (SSSR count). The Labute approximate surface area is 107 Å². The maximum absolute atomic E-state index is 4.24. The Morgan fingerprint density at radius 3 is 2.83 bits per heavy atom. The van der Waals surface area contributed by atoms with Crippen molar-refractivity contribution in [1.82, 2.24) is 30.1 Å². The Balaban J connectivity index is 1.85. The molecule has 0 aliphatic rings. The highest BCUT2D eigenvalue weighted by Crippen LogP contribution is 1.98. The van der Waals surface area contributed by atoms with Crippen LogP contribution in [-0.2, 0) is 19.6 Å². The zero-order chi connectivity index (χ0) is 13.0. The van der Waals surface area contributed by atoms with E-state index in [4.69, 9.17) is 0 Å². The van der Waals surface area contributed by atoms with Gasteiger partial charge in [-0.1, -0.05) is 19.1 Å². The van der Waals surface area contributed by atoms with E-state index < -0.39 is 0 Å². The van der Waals surface area contributed by atoms with Crippen LogP contribution in [-0.4, -0.2) is 30.8 Å². The van der Waals surface area contributed by atoms with Gasteiger partial charge in [-0.15, -0.1) is 5.10 Å². The lowest BCUT2D eigenvalue weighted by atomic mass is 10.3. The first kappa shape index (κ1) is 12.8. The Morgan fingerprint density at radius 2 is 2.17 bits per heavy atom. The van der Waals surface area contributed by atoms with E-state index in [0.717, 1.165) is 31.0 Å². The molecule has 6 heteroatoms. The summed E-state index contributed by atoms with van der Waals surface area (Å²) in [7, 11) is 0. The molecule has 0 unspecified atom stereocenters. The van der Waals surface area contributed by atoms with Crippen molar-refractivity contribution < 1.29 is 0 Å². The van der Waals surface area contributed by atoms with E-state index in [9.17, 15) is 0 Å². The number of aromatic nitrogens is 5. The lowest BCUT2D eigenvalue weighted by molar-refractivity contribution is 0.483. The molecule has 0 spiro atoms. The first-order valence-corrected chi connectivity index (χ1v) is 6.26. The zero-order valence-electron chi connectivity index (χ0n) is 11.2. The third-order valence-corrected chi connectivity index (χ3v) is 2.75. The van der Waals surface area contributed by atoms with Gasteiger partial charge in [0, 0.05) is 30.7 Å². The smallest absolute Gasteiger partial charge is 0.0964 e. The van der Waals surface area contributed by atoms with Gasteiger partial charge in [0.2, 0.25) is 0 Å². The van der Waals surface area contributed by atoms with Gasteiger partial charge >= 0.3 is 0 Å². The molecule has 0 aromatic carbocycles. The number of hydrogen-bond acceptors (Lipinski definition) is 4. The summed E-state index contributed by atoms with van der Waals surface area (Å²) < 4.78 is 3.83. The molecule has 1 N–H and O–H groups in total. The Hall–Kier alpha value is -1.69. The SMILES string of the molecule is Cc1ccnn1CCn1cc(CNC(C)C)nn1. The van der Waals surface area contributed by atoms with E-state index in [1.54, 1.807) is 0 Å². The minimum absolute atomic E-state index is 0.460. The summed E-state index contributed by atoms with van der Waals surface area (Å²) in [5.74, 6) is 0. The van der Waals surface area contributed by atoms with Gasteiger partial charge in [0.15, 0.2) is 0 Å². The summed E-state index contributed by atoms with van der Waals surface area (Å²) in [5.41, 5.74) is 2.14. The van der Waals surface area contributed by atoms with E-state index in [1.807, 2.05) is 34.7 Å². The van der Waals surface area contributed by atoms with Crippen LogP contribution in [0.1, 0.15) is 25.2 Å². The van der Waals surface area contributed by atoms with Gasteiger partial charge in [-0.2, -0.15) is 5.10 Å². The lowest BCUT2D eigenvalue weighted by Gasteiger charge is -2.04. The van der Waals surface area contributed by atoms with Crippen molar-refractivity contribution >= 4 is 0 Å². The monoisotopic (exact) mass is 248 g/mol. The molecular weight excluding hydrogens is 228 g/mol. The fourth-order valence-electron chi connectivity index (χ4n) is 1.67. The van der Waals surface area contributed by atoms with E-state index in [-0.39, 0.29) is 0 Å². The predicted molar refractivity (Wildman–Crippen MR) is 69.0 cm³/mol. The number of nitrogens with one attached hydrogen (secondary N) is 1. The molecule has 0 aliphatic heterocycles. The van der Waals surface area contributed by atoms with Crippen LogP contribution in [0.15, 0.2) is 18.5 Å². The molecule has 0 saturated heterocycles. The van der Waals surface area contributed by atoms with Crippen LogP contribution in [0.5, 0.6) is 0 Å². The van der Waals surface area contributed by atoms with E-state index in [2.05, 4.69) is 34.6 Å². The predicted octanol–water partition coefficient (Wildman–Crippen LogP) is 0.981. The molecule has 2 aromatic heterocycles. The van der Waals surface area contributed by atoms with Crippen LogP contribution in [0, 0.1) is 6.92 Å². The van der Waals surface area contributed by atoms with Gasteiger partial charge in [0.05, 0.1) is 18.8 Å². The number of rotatable bonds is 6. The summed E-state index contributed by atoms with van der Waals surface area (Å²) in [6, 6.07) is 2.46. The molecule has 0 radical (unpaired) electrons. The maximum atomic E-state index is 4.24. The molecule has 0 aliphatic carbocycles. The minimum atomic E-state index is 0.460. The summed E-state index contributed by atoms with van der Waals surface area (Å²) in [5, 5.41) is 15.8. The zero-order valence-corrected chi connectivity index (χ0v) is 11.2. The van der Waals surface area contributed by atoms with Crippen molar-refractivity contribution in [3.05, 3.63) is 29.8 Å². The third kappa shape index (κ3) is 3.40. The van der Waals surface area contributed by atoms with Gasteiger partial charge in [0.25, 0.3) is 0 Å². The lowest BCUT2D eigenvalue weighted by Crippen LogP contribution is -2.21. The number of hydrogen-bond donors (Lipinski definition) is 1. The second kappa shape index (κ2) is 5.77. The second-order valence-electron chi connectivity index (χ2n) is 4.70. The maximum Gasteiger partial charge on any atom is 0.0964 e. The van der Waals surface area contributed by atoms with Crippen LogP contribution in [0.3, 0.4) is 0 Å².